The summed E-state index contributed by atoms with van der Waals surface area (Å²) in [6.45, 7) is 1.44. The van der Waals surface area contributed by atoms with Gasteiger partial charge in [0.1, 0.15) is 11.5 Å². The van der Waals surface area contributed by atoms with Gasteiger partial charge in [-0.15, -0.1) is 0 Å². The minimum absolute atomic E-state index is 0.0862. The molecule has 0 spiro atoms. The summed E-state index contributed by atoms with van der Waals surface area (Å²) in [5, 5.41) is 9.05. The van der Waals surface area contributed by atoms with Crippen LogP contribution >= 0.6 is 15.9 Å². The van der Waals surface area contributed by atoms with Gasteiger partial charge in [0, 0.05) is 15.6 Å². The molecule has 1 aliphatic heterocycles. The van der Waals surface area contributed by atoms with E-state index in [1.54, 1.807) is 6.07 Å². The van der Waals surface area contributed by atoms with Crippen molar-refractivity contribution in [2.24, 2.45) is 0 Å². The van der Waals surface area contributed by atoms with E-state index >= 15 is 0 Å². The molecule has 0 fully saturated rings. The van der Waals surface area contributed by atoms with Crippen molar-refractivity contribution < 1.29 is 36.9 Å². The van der Waals surface area contributed by atoms with Crippen LogP contribution in [0.5, 0.6) is 17.2 Å². The second-order valence-corrected chi connectivity index (χ2v) is 6.64. The van der Waals surface area contributed by atoms with Gasteiger partial charge < -0.3 is 14.6 Å². The minimum atomic E-state index is -4.91. The van der Waals surface area contributed by atoms with Crippen LogP contribution in [-0.4, -0.2) is 23.4 Å². The molecule has 142 valence electrons. The van der Waals surface area contributed by atoms with Gasteiger partial charge in [0.05, 0.1) is 5.57 Å². The molecule has 0 saturated carbocycles. The first-order valence-electron chi connectivity index (χ1n) is 7.52. The van der Waals surface area contributed by atoms with E-state index < -0.39 is 29.6 Å². The average Bonchev–Trinajstić information content (AvgIpc) is 2.57. The van der Waals surface area contributed by atoms with E-state index in [2.05, 4.69) is 15.9 Å². The molecule has 1 N–H and O–H groups in total. The number of aliphatic carboxylic acids is 1. The van der Waals surface area contributed by atoms with E-state index in [-0.39, 0.29) is 28.4 Å². The number of hydrogen-bond acceptors (Lipinski definition) is 3. The van der Waals surface area contributed by atoms with E-state index in [0.29, 0.717) is 4.47 Å². The van der Waals surface area contributed by atoms with Gasteiger partial charge in [-0.3, -0.25) is 0 Å². The van der Waals surface area contributed by atoms with Crippen LogP contribution in [0.4, 0.5) is 17.6 Å². The lowest BCUT2D eigenvalue weighted by Gasteiger charge is -2.28. The molecule has 1 heterocycles. The van der Waals surface area contributed by atoms with Gasteiger partial charge in [0.2, 0.25) is 6.10 Å². The van der Waals surface area contributed by atoms with Crippen molar-refractivity contribution in [3.63, 3.8) is 0 Å². The highest BCUT2D eigenvalue weighted by Gasteiger charge is 2.48. The molecule has 0 bridgehead atoms. The highest BCUT2D eigenvalue weighted by atomic mass is 79.9. The van der Waals surface area contributed by atoms with Crippen LogP contribution in [0.2, 0.25) is 0 Å². The molecule has 2 aromatic rings. The Balaban J connectivity index is 2.03. The number of rotatable bonds is 3. The van der Waals surface area contributed by atoms with Crippen LogP contribution in [-0.2, 0) is 4.79 Å². The van der Waals surface area contributed by atoms with Crippen molar-refractivity contribution in [3.8, 4) is 17.2 Å². The van der Waals surface area contributed by atoms with Gasteiger partial charge >= 0.3 is 12.1 Å². The highest BCUT2D eigenvalue weighted by molar-refractivity contribution is 9.10. The number of halogens is 5. The topological polar surface area (TPSA) is 55.8 Å². The molecule has 1 aliphatic rings. The normalized spacial score (nSPS) is 16.2. The maximum absolute atomic E-state index is 14.0. The lowest BCUT2D eigenvalue weighted by atomic mass is 9.99. The summed E-state index contributed by atoms with van der Waals surface area (Å²) in [4.78, 5) is 11.2. The van der Waals surface area contributed by atoms with Crippen LogP contribution in [0, 0.1) is 12.7 Å². The summed E-state index contributed by atoms with van der Waals surface area (Å²) in [6.07, 6.45) is -6.61. The molecule has 0 saturated heterocycles. The van der Waals surface area contributed by atoms with Crippen LogP contribution < -0.4 is 9.47 Å². The lowest BCUT2D eigenvalue weighted by molar-refractivity contribution is -0.187. The molecule has 9 heteroatoms. The molecule has 4 nitrogen and oxygen atoms in total. The highest BCUT2D eigenvalue weighted by Crippen LogP contribution is 2.42. The smallest absolute Gasteiger partial charge is 0.430 e. The van der Waals surface area contributed by atoms with Gasteiger partial charge in [0.25, 0.3) is 0 Å². The van der Waals surface area contributed by atoms with E-state index in [1.165, 1.54) is 31.2 Å². The zero-order valence-electron chi connectivity index (χ0n) is 13.6. The van der Waals surface area contributed by atoms with E-state index in [0.717, 1.165) is 6.08 Å². The van der Waals surface area contributed by atoms with Crippen molar-refractivity contribution in [3.05, 3.63) is 57.3 Å². The number of fused-ring (bicyclic) bond motifs is 1. The fourth-order valence-corrected chi connectivity index (χ4v) is 2.93. The molecule has 1 unspecified atom stereocenters. The van der Waals surface area contributed by atoms with E-state index in [1.807, 2.05) is 0 Å². The first kappa shape index (κ1) is 19.2. The number of carbonyl (C=O) groups is 1. The molecule has 0 amide bonds. The summed E-state index contributed by atoms with van der Waals surface area (Å²) < 4.78 is 64.5. The third kappa shape index (κ3) is 3.78. The predicted molar refractivity (Wildman–Crippen MR) is 91.4 cm³/mol. The lowest BCUT2D eigenvalue weighted by Crippen LogP contribution is -2.40. The third-order valence-electron chi connectivity index (χ3n) is 3.87. The van der Waals surface area contributed by atoms with Crippen molar-refractivity contribution in [2.75, 3.05) is 0 Å². The first-order chi connectivity index (χ1) is 12.6. The molecular formula is C18H11BrF4O4. The summed E-state index contributed by atoms with van der Waals surface area (Å²) in [5.41, 5.74) is -0.569. The van der Waals surface area contributed by atoms with Crippen molar-refractivity contribution in [2.45, 2.75) is 19.2 Å². The number of hydrogen-bond donors (Lipinski definition) is 1. The zero-order chi connectivity index (χ0) is 19.9. The Morgan fingerprint density at radius 3 is 2.48 bits per heavy atom. The maximum atomic E-state index is 14.0. The second kappa shape index (κ2) is 6.88. The second-order valence-electron chi connectivity index (χ2n) is 5.73. The number of ether oxygens (including phenoxy) is 2. The average molecular weight is 447 g/mol. The fraction of sp³-hybridized carbons (Fsp3) is 0.167. The Labute approximate surface area is 159 Å². The maximum Gasteiger partial charge on any atom is 0.430 e. The zero-order valence-corrected chi connectivity index (χ0v) is 15.2. The van der Waals surface area contributed by atoms with E-state index in [4.69, 9.17) is 14.6 Å². The van der Waals surface area contributed by atoms with Gasteiger partial charge in [-0.1, -0.05) is 15.9 Å². The Hall–Kier alpha value is -2.55. The van der Waals surface area contributed by atoms with Gasteiger partial charge in [0.15, 0.2) is 11.6 Å². The molecule has 27 heavy (non-hydrogen) atoms. The van der Waals surface area contributed by atoms with Crippen molar-refractivity contribution >= 4 is 28.0 Å². The Kier molecular flexibility index (Phi) is 4.90. The summed E-state index contributed by atoms with van der Waals surface area (Å²) >= 11 is 3.11. The molecule has 0 aromatic heterocycles. The Bertz CT molecular complexity index is 953. The Morgan fingerprint density at radius 2 is 1.89 bits per heavy atom. The molecule has 0 aliphatic carbocycles. The summed E-state index contributed by atoms with van der Waals surface area (Å²) in [6, 6.07) is 6.85. The van der Waals surface area contributed by atoms with Crippen LogP contribution in [0.15, 0.2) is 40.4 Å². The van der Waals surface area contributed by atoms with Crippen molar-refractivity contribution in [1.82, 2.24) is 0 Å². The Morgan fingerprint density at radius 1 is 1.22 bits per heavy atom. The SMILES string of the molecule is Cc1c(Oc2ccc(Br)cc2F)ccc2c1OC(C(F)(F)F)C(C(=O)O)=C2. The van der Waals surface area contributed by atoms with Gasteiger partial charge in [-0.2, -0.15) is 13.2 Å². The number of benzene rings is 2. The summed E-state index contributed by atoms with van der Waals surface area (Å²) in [7, 11) is 0. The molecular weight excluding hydrogens is 436 g/mol. The molecule has 2 aromatic carbocycles. The number of carboxylic acid groups (broad SMARTS) is 1. The fourth-order valence-electron chi connectivity index (χ4n) is 2.59. The number of alkyl halides is 3. The molecule has 0 radical (unpaired) electrons. The largest absolute Gasteiger partial charge is 0.478 e. The van der Waals surface area contributed by atoms with E-state index in [9.17, 15) is 22.4 Å². The van der Waals surface area contributed by atoms with Crippen LogP contribution in [0.1, 0.15) is 11.1 Å². The standard InChI is InChI=1S/C18H11BrF4O4/c1-8-13(26-14-5-3-10(19)7-12(14)20)4-2-9-6-11(17(24)25)16(18(21,22)23)27-15(8)9/h2-7,16H,1H3,(H,24,25). The van der Waals surface area contributed by atoms with Gasteiger partial charge in [-0.25, -0.2) is 9.18 Å². The molecule has 3 rings (SSSR count). The summed E-state index contributed by atoms with van der Waals surface area (Å²) in [5.74, 6) is -2.59. The predicted octanol–water partition coefficient (Wildman–Crippen LogP) is 5.48. The monoisotopic (exact) mass is 446 g/mol. The van der Waals surface area contributed by atoms with Crippen LogP contribution in [0.25, 0.3) is 6.08 Å². The van der Waals surface area contributed by atoms with Crippen molar-refractivity contribution in [1.29, 1.82) is 0 Å². The first-order valence-corrected chi connectivity index (χ1v) is 8.32. The van der Waals surface area contributed by atoms with Gasteiger partial charge in [-0.05, 0) is 43.3 Å². The number of carboxylic acids is 1. The van der Waals surface area contributed by atoms with Crippen LogP contribution in [0.3, 0.4) is 0 Å². The molecule has 1 atom stereocenters. The minimum Gasteiger partial charge on any atom is -0.478 e. The quantitative estimate of drug-likeness (QED) is 0.634. The third-order valence-corrected chi connectivity index (χ3v) is 4.37.